The third kappa shape index (κ3) is 3.69. The molecule has 1 aliphatic rings. The van der Waals surface area contributed by atoms with E-state index in [2.05, 4.69) is 11.1 Å². The Balaban J connectivity index is 1.64. The molecule has 6 nitrogen and oxygen atoms in total. The number of esters is 1. The van der Waals surface area contributed by atoms with E-state index in [4.69, 9.17) is 9.15 Å². The lowest BCUT2D eigenvalue weighted by Crippen LogP contribution is -2.27. The van der Waals surface area contributed by atoms with E-state index in [1.807, 2.05) is 12.1 Å². The van der Waals surface area contributed by atoms with Gasteiger partial charge in [0.05, 0.1) is 29.6 Å². The number of benzene rings is 1. The minimum absolute atomic E-state index is 0.0418. The van der Waals surface area contributed by atoms with E-state index in [1.54, 1.807) is 36.6 Å². The monoisotopic (exact) mass is 364 g/mol. The van der Waals surface area contributed by atoms with Gasteiger partial charge in [-0.2, -0.15) is 0 Å². The lowest BCUT2D eigenvalue weighted by atomic mass is 9.95. The Morgan fingerprint density at radius 2 is 2.11 bits per heavy atom. The number of ether oxygens (including phenoxy) is 1. The first-order valence-corrected chi connectivity index (χ1v) is 9.05. The van der Waals surface area contributed by atoms with Gasteiger partial charge in [0, 0.05) is 0 Å². The summed E-state index contributed by atoms with van der Waals surface area (Å²) in [6.45, 7) is 0.197. The van der Waals surface area contributed by atoms with Crippen molar-refractivity contribution in [3.8, 4) is 0 Å². The Morgan fingerprint density at radius 3 is 2.89 bits per heavy atom. The summed E-state index contributed by atoms with van der Waals surface area (Å²) in [6.07, 6.45) is 8.03. The Morgan fingerprint density at radius 1 is 1.22 bits per heavy atom. The van der Waals surface area contributed by atoms with Crippen molar-refractivity contribution >= 4 is 16.9 Å². The normalized spacial score (nSPS) is 16.5. The van der Waals surface area contributed by atoms with E-state index in [9.17, 15) is 9.59 Å². The molecule has 0 saturated heterocycles. The van der Waals surface area contributed by atoms with E-state index in [1.165, 1.54) is 4.57 Å². The van der Waals surface area contributed by atoms with Crippen molar-refractivity contribution in [2.24, 2.45) is 5.92 Å². The number of carbonyl (C=O) groups excluding carboxylic acids is 1. The summed E-state index contributed by atoms with van der Waals surface area (Å²) >= 11 is 0. The molecule has 27 heavy (non-hydrogen) atoms. The second-order valence-electron chi connectivity index (χ2n) is 6.60. The molecule has 138 valence electrons. The van der Waals surface area contributed by atoms with Crippen molar-refractivity contribution in [1.82, 2.24) is 9.55 Å². The molecule has 2 aromatic heterocycles. The van der Waals surface area contributed by atoms with Crippen molar-refractivity contribution in [3.63, 3.8) is 0 Å². The van der Waals surface area contributed by atoms with Crippen LogP contribution >= 0.6 is 0 Å². The largest absolute Gasteiger partial charge is 0.467 e. The van der Waals surface area contributed by atoms with E-state index in [0.29, 0.717) is 28.9 Å². The van der Waals surface area contributed by atoms with Crippen molar-refractivity contribution in [1.29, 1.82) is 0 Å². The average Bonchev–Trinajstić information content (AvgIpc) is 3.22. The molecule has 2 heterocycles. The fourth-order valence-electron chi connectivity index (χ4n) is 3.31. The predicted octanol–water partition coefficient (Wildman–Crippen LogP) is 3.44. The number of carbonyl (C=O) groups is 1. The number of nitrogens with zero attached hydrogens (tertiary/aromatic N) is 2. The Hall–Kier alpha value is -3.15. The third-order valence-corrected chi connectivity index (χ3v) is 4.78. The van der Waals surface area contributed by atoms with Crippen molar-refractivity contribution < 1.29 is 13.9 Å². The van der Waals surface area contributed by atoms with Gasteiger partial charge in [-0.3, -0.25) is 14.2 Å². The van der Waals surface area contributed by atoms with Gasteiger partial charge in [0.25, 0.3) is 5.56 Å². The fraction of sp³-hybridized carbons (Fsp3) is 0.286. The molecule has 6 heteroatoms. The number of furan rings is 1. The Labute approximate surface area is 156 Å². The maximum absolute atomic E-state index is 13.0. The molecular weight excluding hydrogens is 344 g/mol. The molecule has 0 saturated carbocycles. The summed E-state index contributed by atoms with van der Waals surface area (Å²) in [4.78, 5) is 29.9. The van der Waals surface area contributed by atoms with Gasteiger partial charge in [0.2, 0.25) is 0 Å². The number of hydrogen-bond donors (Lipinski definition) is 0. The minimum atomic E-state index is -0.244. The number of aromatic nitrogens is 2. The first-order valence-electron chi connectivity index (χ1n) is 9.05. The Bertz CT molecular complexity index is 1030. The highest BCUT2D eigenvalue weighted by molar-refractivity contribution is 5.77. The first-order chi connectivity index (χ1) is 13.2. The van der Waals surface area contributed by atoms with Crippen LogP contribution in [0.4, 0.5) is 0 Å². The second-order valence-corrected chi connectivity index (χ2v) is 6.60. The molecule has 1 aliphatic carbocycles. The van der Waals surface area contributed by atoms with Crippen LogP contribution < -0.4 is 5.56 Å². The van der Waals surface area contributed by atoms with Crippen LogP contribution in [-0.4, -0.2) is 15.5 Å². The highest BCUT2D eigenvalue weighted by Gasteiger charge is 2.21. The van der Waals surface area contributed by atoms with Gasteiger partial charge in [-0.25, -0.2) is 4.98 Å². The molecule has 0 N–H and O–H groups in total. The van der Waals surface area contributed by atoms with Crippen LogP contribution in [0.3, 0.4) is 0 Å². The van der Waals surface area contributed by atoms with Crippen molar-refractivity contribution in [3.05, 3.63) is 76.8 Å². The molecule has 0 aliphatic heterocycles. The highest BCUT2D eigenvalue weighted by atomic mass is 16.5. The zero-order valence-corrected chi connectivity index (χ0v) is 14.8. The molecule has 3 aromatic rings. The smallest absolute Gasteiger partial charge is 0.309 e. The van der Waals surface area contributed by atoms with Gasteiger partial charge in [0.15, 0.2) is 5.82 Å². The lowest BCUT2D eigenvalue weighted by Gasteiger charge is -2.17. The molecule has 1 unspecified atom stereocenters. The number of rotatable bonds is 5. The van der Waals surface area contributed by atoms with Crippen molar-refractivity contribution in [2.75, 3.05) is 0 Å². The lowest BCUT2D eigenvalue weighted by molar-refractivity contribution is -0.150. The van der Waals surface area contributed by atoms with Gasteiger partial charge in [-0.1, -0.05) is 24.3 Å². The van der Waals surface area contributed by atoms with Crippen LogP contribution in [0.1, 0.15) is 30.8 Å². The highest BCUT2D eigenvalue weighted by Crippen LogP contribution is 2.20. The molecule has 0 fully saturated rings. The van der Waals surface area contributed by atoms with E-state index >= 15 is 0 Å². The SMILES string of the molecule is O=C(OCc1nc2ccccc2c(=O)n1Cc1ccco1)C1CC=CCC1. The number of allylic oxidation sites excluding steroid dienone is 2. The summed E-state index contributed by atoms with van der Waals surface area (Å²) in [5.74, 6) is 0.681. The zero-order chi connectivity index (χ0) is 18.6. The quantitative estimate of drug-likeness (QED) is 0.512. The molecule has 1 atom stereocenters. The number of fused-ring (bicyclic) bond motifs is 1. The Kier molecular flexibility index (Phi) is 4.87. The third-order valence-electron chi connectivity index (χ3n) is 4.78. The van der Waals surface area contributed by atoms with E-state index in [-0.39, 0.29) is 30.6 Å². The second kappa shape index (κ2) is 7.61. The molecule has 0 spiro atoms. The van der Waals surface area contributed by atoms with Crippen LogP contribution in [0.25, 0.3) is 10.9 Å². The molecule has 0 amide bonds. The maximum Gasteiger partial charge on any atom is 0.309 e. The topological polar surface area (TPSA) is 74.3 Å². The van der Waals surface area contributed by atoms with Crippen LogP contribution in [0.15, 0.2) is 64.0 Å². The standard InChI is InChI=1S/C21H20N2O4/c24-20-17-10-4-5-11-18(17)22-19(23(20)13-16-9-6-12-26-16)14-27-21(25)15-7-2-1-3-8-15/h1-2,4-6,9-12,15H,3,7-8,13-14H2. The summed E-state index contributed by atoms with van der Waals surface area (Å²) in [5.41, 5.74) is 0.411. The van der Waals surface area contributed by atoms with E-state index < -0.39 is 0 Å². The molecule has 0 radical (unpaired) electrons. The van der Waals surface area contributed by atoms with Crippen molar-refractivity contribution in [2.45, 2.75) is 32.4 Å². The number of hydrogen-bond acceptors (Lipinski definition) is 5. The van der Waals surface area contributed by atoms with Crippen LogP contribution in [0.2, 0.25) is 0 Å². The van der Waals surface area contributed by atoms with Gasteiger partial charge >= 0.3 is 5.97 Å². The fourth-order valence-corrected chi connectivity index (χ4v) is 3.31. The average molecular weight is 364 g/mol. The zero-order valence-electron chi connectivity index (χ0n) is 14.8. The van der Waals surface area contributed by atoms with Gasteiger partial charge in [-0.15, -0.1) is 0 Å². The maximum atomic E-state index is 13.0. The van der Waals surface area contributed by atoms with Gasteiger partial charge in [-0.05, 0) is 43.5 Å². The van der Waals surface area contributed by atoms with Crippen LogP contribution in [0, 0.1) is 5.92 Å². The van der Waals surface area contributed by atoms with Crippen LogP contribution in [-0.2, 0) is 22.7 Å². The summed E-state index contributed by atoms with van der Waals surface area (Å²) < 4.78 is 12.4. The predicted molar refractivity (Wildman–Crippen MR) is 100 cm³/mol. The van der Waals surface area contributed by atoms with Crippen LogP contribution in [0.5, 0.6) is 0 Å². The summed E-state index contributed by atoms with van der Waals surface area (Å²) in [7, 11) is 0. The molecular formula is C21H20N2O4. The molecule has 0 bridgehead atoms. The van der Waals surface area contributed by atoms with Gasteiger partial charge in [0.1, 0.15) is 12.4 Å². The number of para-hydroxylation sites is 1. The van der Waals surface area contributed by atoms with E-state index in [0.717, 1.165) is 12.8 Å². The molecule has 1 aromatic carbocycles. The first kappa shape index (κ1) is 17.3. The minimum Gasteiger partial charge on any atom is -0.467 e. The summed E-state index contributed by atoms with van der Waals surface area (Å²) in [6, 6.07) is 10.7. The van der Waals surface area contributed by atoms with Gasteiger partial charge < -0.3 is 9.15 Å². The molecule has 4 rings (SSSR count). The summed E-state index contributed by atoms with van der Waals surface area (Å²) in [5, 5.41) is 0.525.